The van der Waals surface area contributed by atoms with Crippen LogP contribution in [0.5, 0.6) is 0 Å². The molecule has 2 fully saturated rings. The number of hydrogen-bond donors (Lipinski definition) is 1. The number of fused-ring (bicyclic) bond motifs is 1. The summed E-state index contributed by atoms with van der Waals surface area (Å²) in [5.41, 5.74) is 0.748. The summed E-state index contributed by atoms with van der Waals surface area (Å²) in [6.45, 7) is 5.20. The van der Waals surface area contributed by atoms with Crippen molar-refractivity contribution in [3.63, 3.8) is 0 Å². The summed E-state index contributed by atoms with van der Waals surface area (Å²) in [6.07, 6.45) is -2.56. The normalized spacial score (nSPS) is 21.4. The lowest BCUT2D eigenvalue weighted by atomic mass is 9.88. The minimum atomic E-state index is -5.72. The second kappa shape index (κ2) is 15.4. The SMILES string of the molecule is Cc1ccc(S(=O)(=O)N(CC(OP(=O)([O-])[O-])[C@H](Cc2ccccc2)NC(=O)OC2COC3OCCC23)CC(C)(C)CCC#N)cc1. The van der Waals surface area contributed by atoms with E-state index >= 15 is 0 Å². The molecule has 0 bridgehead atoms. The van der Waals surface area contributed by atoms with E-state index in [0.717, 1.165) is 9.87 Å². The number of carbonyl (C=O) groups excluding carboxylic acids is 1. The average molecular weight is 678 g/mol. The zero-order valence-electron chi connectivity index (χ0n) is 26.1. The Labute approximate surface area is 270 Å². The Morgan fingerprint density at radius 3 is 2.52 bits per heavy atom. The zero-order valence-corrected chi connectivity index (χ0v) is 27.8. The van der Waals surface area contributed by atoms with Crippen LogP contribution in [0.15, 0.2) is 59.5 Å². The molecule has 2 aromatic rings. The molecule has 4 unspecified atom stereocenters. The summed E-state index contributed by atoms with van der Waals surface area (Å²) in [4.78, 5) is 37.5. The van der Waals surface area contributed by atoms with Gasteiger partial charge in [-0.1, -0.05) is 61.9 Å². The highest BCUT2D eigenvalue weighted by atomic mass is 32.2. The number of nitriles is 1. The number of benzene rings is 2. The number of rotatable bonds is 15. The molecule has 0 aromatic heterocycles. The smallest absolute Gasteiger partial charge is 0.407 e. The molecule has 15 heteroatoms. The number of aryl methyl sites for hydroxylation is 1. The number of ether oxygens (including phenoxy) is 3. The molecule has 0 saturated carbocycles. The van der Waals surface area contributed by atoms with Crippen LogP contribution in [0.4, 0.5) is 4.79 Å². The second-order valence-corrected chi connectivity index (χ2v) is 15.5. The molecule has 2 aliphatic rings. The van der Waals surface area contributed by atoms with Crippen molar-refractivity contribution in [2.75, 3.05) is 26.3 Å². The van der Waals surface area contributed by atoms with Crippen molar-refractivity contribution < 1.29 is 46.3 Å². The van der Waals surface area contributed by atoms with Gasteiger partial charge >= 0.3 is 6.09 Å². The third-order valence-corrected chi connectivity index (χ3v) is 10.5. The molecule has 13 nitrogen and oxygen atoms in total. The number of amides is 1. The van der Waals surface area contributed by atoms with Gasteiger partial charge in [0, 0.05) is 19.5 Å². The van der Waals surface area contributed by atoms with E-state index in [0.29, 0.717) is 25.0 Å². The Morgan fingerprint density at radius 1 is 1.17 bits per heavy atom. The summed E-state index contributed by atoms with van der Waals surface area (Å²) in [6, 6.07) is 15.7. The summed E-state index contributed by atoms with van der Waals surface area (Å²) < 4.78 is 63.1. The fourth-order valence-corrected chi connectivity index (χ4v) is 7.86. The van der Waals surface area contributed by atoms with Crippen LogP contribution in [0.25, 0.3) is 0 Å². The van der Waals surface area contributed by atoms with Crippen molar-refractivity contribution in [2.24, 2.45) is 11.3 Å². The van der Waals surface area contributed by atoms with E-state index in [1.54, 1.807) is 63.2 Å². The number of phosphoric acid groups is 1. The quantitative estimate of drug-likeness (QED) is 0.273. The minimum Gasteiger partial charge on any atom is -0.790 e. The lowest BCUT2D eigenvalue weighted by molar-refractivity contribution is -0.345. The van der Waals surface area contributed by atoms with Gasteiger partial charge in [0.25, 0.3) is 0 Å². The van der Waals surface area contributed by atoms with E-state index in [-0.39, 0.29) is 36.8 Å². The molecule has 252 valence electrons. The summed E-state index contributed by atoms with van der Waals surface area (Å²) in [5.74, 6) is -0.167. The molecule has 2 heterocycles. The van der Waals surface area contributed by atoms with Crippen LogP contribution >= 0.6 is 7.82 Å². The molecule has 1 N–H and O–H groups in total. The van der Waals surface area contributed by atoms with Gasteiger partial charge in [0.05, 0.1) is 50.1 Å². The van der Waals surface area contributed by atoms with E-state index in [1.165, 1.54) is 12.1 Å². The highest BCUT2D eigenvalue weighted by Gasteiger charge is 2.44. The molecule has 46 heavy (non-hydrogen) atoms. The maximum Gasteiger partial charge on any atom is 0.407 e. The third-order valence-electron chi connectivity index (χ3n) is 8.12. The number of nitrogens with one attached hydrogen (secondary N) is 1. The maximum atomic E-state index is 14.1. The van der Waals surface area contributed by atoms with Gasteiger partial charge in [-0.05, 0) is 49.3 Å². The largest absolute Gasteiger partial charge is 0.790 e. The number of alkyl carbamates (subject to hydrolysis) is 1. The number of nitrogens with zero attached hydrogens (tertiary/aromatic N) is 2. The monoisotopic (exact) mass is 677 g/mol. The van der Waals surface area contributed by atoms with Crippen LogP contribution in [0.3, 0.4) is 0 Å². The van der Waals surface area contributed by atoms with Gasteiger partial charge in [-0.15, -0.1) is 0 Å². The molecule has 0 spiro atoms. The lowest BCUT2D eigenvalue weighted by Gasteiger charge is -2.40. The average Bonchev–Trinajstić information content (AvgIpc) is 3.60. The Hall–Kier alpha value is -2.86. The van der Waals surface area contributed by atoms with Crippen LogP contribution in [0.2, 0.25) is 0 Å². The van der Waals surface area contributed by atoms with E-state index in [4.69, 9.17) is 18.7 Å². The van der Waals surface area contributed by atoms with Crippen molar-refractivity contribution in [3.8, 4) is 6.07 Å². The predicted octanol–water partition coefficient (Wildman–Crippen LogP) is 2.63. The highest BCUT2D eigenvalue weighted by molar-refractivity contribution is 7.89. The van der Waals surface area contributed by atoms with E-state index in [1.807, 2.05) is 0 Å². The van der Waals surface area contributed by atoms with Gasteiger partial charge in [-0.3, -0.25) is 0 Å². The van der Waals surface area contributed by atoms with Gasteiger partial charge in [-0.2, -0.15) is 9.57 Å². The van der Waals surface area contributed by atoms with Crippen molar-refractivity contribution in [1.82, 2.24) is 9.62 Å². The molecule has 5 atom stereocenters. The van der Waals surface area contributed by atoms with Crippen molar-refractivity contribution in [2.45, 2.75) is 75.9 Å². The van der Waals surface area contributed by atoms with Crippen molar-refractivity contribution in [1.29, 1.82) is 5.26 Å². The van der Waals surface area contributed by atoms with E-state index in [2.05, 4.69) is 11.4 Å². The Kier molecular flexibility index (Phi) is 12.0. The van der Waals surface area contributed by atoms with Gasteiger partial charge in [-0.25, -0.2) is 13.2 Å². The lowest BCUT2D eigenvalue weighted by Crippen LogP contribution is -2.53. The molecular weight excluding hydrogens is 637 g/mol. The number of hydrogen-bond acceptors (Lipinski definition) is 11. The molecular formula is C31H40N3O10PS-2. The number of carbonyl (C=O) groups is 1. The van der Waals surface area contributed by atoms with Crippen LogP contribution in [-0.4, -0.2) is 69.7 Å². The molecule has 1 amide bonds. The van der Waals surface area contributed by atoms with Crippen molar-refractivity contribution >= 4 is 23.9 Å². The van der Waals surface area contributed by atoms with E-state index in [9.17, 15) is 32.8 Å². The second-order valence-electron chi connectivity index (χ2n) is 12.4. The van der Waals surface area contributed by atoms with E-state index < -0.39 is 60.4 Å². The summed E-state index contributed by atoms with van der Waals surface area (Å²) in [7, 11) is -10.0. The topological polar surface area (TPSA) is 190 Å². The molecule has 0 radical (unpaired) electrons. The third kappa shape index (κ3) is 10.1. The van der Waals surface area contributed by atoms with Crippen LogP contribution in [0.1, 0.15) is 44.2 Å². The molecule has 2 saturated heterocycles. The summed E-state index contributed by atoms with van der Waals surface area (Å²) >= 11 is 0. The zero-order chi connectivity index (χ0) is 33.5. The van der Waals surface area contributed by atoms with Gasteiger partial charge in [0.15, 0.2) is 6.29 Å². The first-order valence-corrected chi connectivity index (χ1v) is 18.0. The molecule has 2 aliphatic heterocycles. The maximum absolute atomic E-state index is 14.1. The first-order valence-electron chi connectivity index (χ1n) is 15.1. The van der Waals surface area contributed by atoms with Gasteiger partial charge < -0.3 is 38.4 Å². The predicted molar refractivity (Wildman–Crippen MR) is 162 cm³/mol. The standard InChI is InChI=1S/C31H42N3O10PS/c1-22-10-12-24(13-11-22)46(39,40)34(21-31(2,3)15-7-16-32)19-27(44-45(36,37)38)26(18-23-8-5-4-6-9-23)33-30(35)43-28-20-42-29-25(28)14-17-41-29/h4-6,8-13,25-29H,7,14-15,17-21H2,1-3H3,(H,33,35)(H2,36,37,38)/p-2/t25?,26-,27?,28?,29?/m0/s1. The molecule has 0 aliphatic carbocycles. The van der Waals surface area contributed by atoms with Crippen molar-refractivity contribution in [3.05, 3.63) is 65.7 Å². The minimum absolute atomic E-state index is 0.0207. The van der Waals surface area contributed by atoms with Crippen LogP contribution in [0, 0.1) is 29.6 Å². The number of sulfonamides is 1. The summed E-state index contributed by atoms with van der Waals surface area (Å²) in [5, 5.41) is 11.8. The van der Waals surface area contributed by atoms with Crippen LogP contribution in [-0.2, 0) is 39.7 Å². The fraction of sp³-hybridized carbons (Fsp3) is 0.548. The number of phosphoric ester groups is 1. The fourth-order valence-electron chi connectivity index (χ4n) is 5.67. The highest BCUT2D eigenvalue weighted by Crippen LogP contribution is 2.35. The Bertz CT molecular complexity index is 1510. The Balaban J connectivity index is 1.68. The molecule has 2 aromatic carbocycles. The van der Waals surface area contributed by atoms with Crippen LogP contribution < -0.4 is 15.1 Å². The first kappa shape index (κ1) is 36.0. The van der Waals surface area contributed by atoms with Gasteiger partial charge in [0.2, 0.25) is 10.0 Å². The van der Waals surface area contributed by atoms with Gasteiger partial charge in [0.1, 0.15) is 6.10 Å². The first-order chi connectivity index (χ1) is 21.7. The Morgan fingerprint density at radius 2 is 1.87 bits per heavy atom. The molecule has 4 rings (SSSR count).